The molecule has 0 saturated carbocycles. The van der Waals surface area contributed by atoms with Gasteiger partial charge in [-0.1, -0.05) is 45.1 Å². The smallest absolute Gasteiger partial charge is 0.269 e. The van der Waals surface area contributed by atoms with Crippen LogP contribution in [0, 0.1) is 21.4 Å². The molecule has 0 aliphatic rings. The van der Waals surface area contributed by atoms with Crippen LogP contribution in [0.5, 0.6) is 11.5 Å². The molecular weight excluding hydrogens is 380 g/mol. The number of non-ortho nitro benzene ring substituents is 1. The second-order valence-electron chi connectivity index (χ2n) is 7.00. The molecule has 0 amide bonds. The summed E-state index contributed by atoms with van der Waals surface area (Å²) in [6, 6.07) is 13.6. The maximum absolute atomic E-state index is 10.8. The van der Waals surface area contributed by atoms with E-state index < -0.39 is 4.92 Å². The van der Waals surface area contributed by atoms with E-state index in [-0.39, 0.29) is 5.69 Å². The zero-order valence-corrected chi connectivity index (χ0v) is 17.6. The lowest BCUT2D eigenvalue weighted by atomic mass is 10.0. The van der Waals surface area contributed by atoms with Crippen molar-refractivity contribution >= 4 is 17.3 Å². The number of hydrogen-bond donors (Lipinski definition) is 0. The average Bonchev–Trinajstić information content (AvgIpc) is 2.77. The largest absolute Gasteiger partial charge is 0.493 e. The van der Waals surface area contributed by atoms with Gasteiger partial charge in [0.1, 0.15) is 0 Å². The fourth-order valence-electron chi connectivity index (χ4n) is 3.07. The van der Waals surface area contributed by atoms with Crippen LogP contribution in [-0.4, -0.2) is 18.6 Å². The lowest BCUT2D eigenvalue weighted by molar-refractivity contribution is -0.384. The third kappa shape index (κ3) is 6.93. The number of hydrogen-bond acceptors (Lipinski definition) is 5. The molecular formula is C24H28N2O4. The predicted molar refractivity (Wildman–Crippen MR) is 118 cm³/mol. The molecule has 0 aliphatic carbocycles. The Hall–Kier alpha value is -3.33. The number of unbranched alkanes of at least 4 members (excludes halogenated alkanes) is 5. The first-order chi connectivity index (χ1) is 14.6. The number of nitro benzene ring substituents is 1. The van der Waals surface area contributed by atoms with Gasteiger partial charge in [0.25, 0.3) is 5.69 Å². The summed E-state index contributed by atoms with van der Waals surface area (Å²) in [5.41, 5.74) is 1.80. The van der Waals surface area contributed by atoms with Gasteiger partial charge in [0.05, 0.1) is 30.3 Å². The molecule has 6 heteroatoms. The molecule has 0 aliphatic heterocycles. The normalized spacial score (nSPS) is 11.0. The molecule has 0 bridgehead atoms. The topological polar surface area (TPSA) is 85.4 Å². The summed E-state index contributed by atoms with van der Waals surface area (Å²) in [7, 11) is 1.59. The predicted octanol–water partition coefficient (Wildman–Crippen LogP) is 6.41. The van der Waals surface area contributed by atoms with Gasteiger partial charge in [0.2, 0.25) is 0 Å². The quantitative estimate of drug-likeness (QED) is 0.133. The van der Waals surface area contributed by atoms with E-state index in [1.165, 1.54) is 37.8 Å². The summed E-state index contributed by atoms with van der Waals surface area (Å²) in [4.78, 5) is 10.3. The average molecular weight is 408 g/mol. The van der Waals surface area contributed by atoms with Crippen LogP contribution in [-0.2, 0) is 0 Å². The highest BCUT2D eigenvalue weighted by Gasteiger charge is 2.09. The van der Waals surface area contributed by atoms with Gasteiger partial charge in [-0.3, -0.25) is 10.1 Å². The highest BCUT2D eigenvalue weighted by atomic mass is 16.6. The molecule has 2 aromatic rings. The highest BCUT2D eigenvalue weighted by molar-refractivity contribution is 5.90. The number of nitro groups is 1. The van der Waals surface area contributed by atoms with Crippen molar-refractivity contribution < 1.29 is 14.4 Å². The van der Waals surface area contributed by atoms with Crippen molar-refractivity contribution in [3.05, 3.63) is 63.7 Å². The van der Waals surface area contributed by atoms with Gasteiger partial charge < -0.3 is 9.47 Å². The van der Waals surface area contributed by atoms with Crippen LogP contribution in [0.2, 0.25) is 0 Å². The number of ether oxygens (including phenoxy) is 2. The van der Waals surface area contributed by atoms with Crippen molar-refractivity contribution in [2.24, 2.45) is 0 Å². The molecule has 0 spiro atoms. The van der Waals surface area contributed by atoms with E-state index >= 15 is 0 Å². The number of rotatable bonds is 12. The first-order valence-corrected chi connectivity index (χ1v) is 10.3. The van der Waals surface area contributed by atoms with Crippen LogP contribution < -0.4 is 9.47 Å². The van der Waals surface area contributed by atoms with E-state index in [4.69, 9.17) is 9.47 Å². The minimum atomic E-state index is -0.464. The SMILES string of the molecule is CCCCCCCCOc1ccc(/C=C(/C#N)c2ccc([N+](=O)[O-])cc2)cc1OC. The van der Waals surface area contributed by atoms with Gasteiger partial charge in [-0.25, -0.2) is 0 Å². The molecule has 0 heterocycles. The van der Waals surface area contributed by atoms with Crippen molar-refractivity contribution in [2.45, 2.75) is 45.4 Å². The van der Waals surface area contributed by atoms with E-state index in [1.807, 2.05) is 18.2 Å². The van der Waals surface area contributed by atoms with Crippen LogP contribution in [0.15, 0.2) is 42.5 Å². The van der Waals surface area contributed by atoms with Crippen LogP contribution in [0.25, 0.3) is 11.6 Å². The maximum Gasteiger partial charge on any atom is 0.269 e. The van der Waals surface area contributed by atoms with Crippen LogP contribution in [0.1, 0.15) is 56.6 Å². The third-order valence-electron chi connectivity index (χ3n) is 4.76. The number of nitrogens with zero attached hydrogens (tertiary/aromatic N) is 2. The van der Waals surface area contributed by atoms with Gasteiger partial charge in [-0.2, -0.15) is 5.26 Å². The van der Waals surface area contributed by atoms with Gasteiger partial charge in [0.15, 0.2) is 11.5 Å². The first kappa shape index (κ1) is 23.0. The molecule has 6 nitrogen and oxygen atoms in total. The van der Waals surface area contributed by atoms with Gasteiger partial charge in [0, 0.05) is 12.1 Å². The molecule has 2 rings (SSSR count). The first-order valence-electron chi connectivity index (χ1n) is 10.3. The molecule has 0 fully saturated rings. The Morgan fingerprint density at radius 1 is 1.07 bits per heavy atom. The number of benzene rings is 2. The number of methoxy groups -OCH3 is 1. The highest BCUT2D eigenvalue weighted by Crippen LogP contribution is 2.30. The van der Waals surface area contributed by atoms with E-state index in [0.717, 1.165) is 18.4 Å². The Labute approximate surface area is 177 Å². The molecule has 0 saturated heterocycles. The Balaban J connectivity index is 2.05. The van der Waals surface area contributed by atoms with Crippen LogP contribution in [0.4, 0.5) is 5.69 Å². The maximum atomic E-state index is 10.8. The molecule has 0 radical (unpaired) electrons. The minimum Gasteiger partial charge on any atom is -0.493 e. The zero-order chi connectivity index (χ0) is 21.8. The van der Waals surface area contributed by atoms with E-state index in [2.05, 4.69) is 13.0 Å². The summed E-state index contributed by atoms with van der Waals surface area (Å²) >= 11 is 0. The van der Waals surface area contributed by atoms with Crippen LogP contribution >= 0.6 is 0 Å². The number of allylic oxidation sites excluding steroid dienone is 1. The zero-order valence-electron chi connectivity index (χ0n) is 17.6. The van der Waals surface area contributed by atoms with E-state index in [0.29, 0.717) is 29.2 Å². The Kier molecular flexibility index (Phi) is 9.39. The fourth-order valence-corrected chi connectivity index (χ4v) is 3.07. The molecule has 0 atom stereocenters. The van der Waals surface area contributed by atoms with Crippen molar-refractivity contribution in [1.82, 2.24) is 0 Å². The fraction of sp³-hybridized carbons (Fsp3) is 0.375. The Morgan fingerprint density at radius 3 is 2.40 bits per heavy atom. The monoisotopic (exact) mass is 408 g/mol. The lowest BCUT2D eigenvalue weighted by Crippen LogP contribution is -1.99. The minimum absolute atomic E-state index is 0.00965. The number of nitriles is 1. The second-order valence-corrected chi connectivity index (χ2v) is 7.00. The summed E-state index contributed by atoms with van der Waals surface area (Å²) in [6.45, 7) is 2.85. The summed E-state index contributed by atoms with van der Waals surface area (Å²) in [6.07, 6.45) is 8.92. The Bertz CT molecular complexity index is 898. The van der Waals surface area contributed by atoms with Crippen molar-refractivity contribution in [2.75, 3.05) is 13.7 Å². The molecule has 2 aromatic carbocycles. The van der Waals surface area contributed by atoms with Crippen LogP contribution in [0.3, 0.4) is 0 Å². The summed E-state index contributed by atoms with van der Waals surface area (Å²) in [5, 5.41) is 20.3. The third-order valence-corrected chi connectivity index (χ3v) is 4.76. The molecule has 0 aromatic heterocycles. The standard InChI is InChI=1S/C24H28N2O4/c1-3-4-5-6-7-8-15-30-23-14-9-19(17-24(23)29-2)16-21(18-25)20-10-12-22(13-11-20)26(27)28/h9-14,16-17H,3-8,15H2,1-2H3/b21-16-. The van der Waals surface area contributed by atoms with Crippen molar-refractivity contribution in [3.8, 4) is 17.6 Å². The van der Waals surface area contributed by atoms with Gasteiger partial charge in [-0.05, 0) is 47.9 Å². The molecule has 0 N–H and O–H groups in total. The summed E-state index contributed by atoms with van der Waals surface area (Å²) < 4.78 is 11.3. The molecule has 30 heavy (non-hydrogen) atoms. The summed E-state index contributed by atoms with van der Waals surface area (Å²) in [5.74, 6) is 1.28. The Morgan fingerprint density at radius 2 is 1.77 bits per heavy atom. The van der Waals surface area contributed by atoms with E-state index in [1.54, 1.807) is 25.3 Å². The van der Waals surface area contributed by atoms with Crippen molar-refractivity contribution in [1.29, 1.82) is 5.26 Å². The molecule has 158 valence electrons. The molecule has 0 unspecified atom stereocenters. The lowest BCUT2D eigenvalue weighted by Gasteiger charge is -2.11. The van der Waals surface area contributed by atoms with Gasteiger partial charge in [-0.15, -0.1) is 0 Å². The van der Waals surface area contributed by atoms with Crippen molar-refractivity contribution in [3.63, 3.8) is 0 Å². The van der Waals surface area contributed by atoms with E-state index in [9.17, 15) is 15.4 Å². The van der Waals surface area contributed by atoms with Gasteiger partial charge >= 0.3 is 0 Å². The second kappa shape index (κ2) is 12.3.